The molecular weight excluding hydrogens is 234 g/mol. The van der Waals surface area contributed by atoms with Crippen molar-refractivity contribution >= 4 is 5.95 Å². The smallest absolute Gasteiger partial charge is 0.324 e. The number of ether oxygens (including phenoxy) is 2. The van der Waals surface area contributed by atoms with E-state index in [4.69, 9.17) is 15.2 Å². The van der Waals surface area contributed by atoms with Crippen molar-refractivity contribution < 1.29 is 9.47 Å². The Hall–Kier alpha value is -1.63. The van der Waals surface area contributed by atoms with Crippen molar-refractivity contribution in [2.24, 2.45) is 5.73 Å². The molecule has 1 aromatic heterocycles. The van der Waals surface area contributed by atoms with Crippen LogP contribution in [0.15, 0.2) is 0 Å². The first-order valence-electron chi connectivity index (χ1n) is 6.04. The normalized spacial score (nSPS) is 12.0. The van der Waals surface area contributed by atoms with Crippen LogP contribution in [0.25, 0.3) is 0 Å². The minimum Gasteiger partial charge on any atom is -0.467 e. The lowest BCUT2D eigenvalue weighted by molar-refractivity contribution is 0.340. The number of aromatic nitrogens is 3. The highest BCUT2D eigenvalue weighted by Gasteiger charge is 2.11. The SMILES string of the molecule is CCCCC(CN)Nc1nc(OC)nc(OC)n1. The van der Waals surface area contributed by atoms with Gasteiger partial charge in [-0.25, -0.2) is 0 Å². The molecule has 0 saturated carbocycles. The summed E-state index contributed by atoms with van der Waals surface area (Å²) >= 11 is 0. The maximum Gasteiger partial charge on any atom is 0.324 e. The Bertz CT molecular complexity index is 339. The molecule has 0 aliphatic carbocycles. The second-order valence-electron chi connectivity index (χ2n) is 3.85. The Morgan fingerprint density at radius 3 is 2.22 bits per heavy atom. The molecule has 102 valence electrons. The average molecular weight is 255 g/mol. The summed E-state index contributed by atoms with van der Waals surface area (Å²) in [7, 11) is 2.99. The summed E-state index contributed by atoms with van der Waals surface area (Å²) in [6.45, 7) is 2.67. The van der Waals surface area contributed by atoms with Gasteiger partial charge in [0.15, 0.2) is 0 Å². The Morgan fingerprint density at radius 2 is 1.78 bits per heavy atom. The lowest BCUT2D eigenvalue weighted by Gasteiger charge is -2.16. The Kier molecular flexibility index (Phi) is 6.13. The highest BCUT2D eigenvalue weighted by atomic mass is 16.5. The average Bonchev–Trinajstić information content (AvgIpc) is 2.42. The monoisotopic (exact) mass is 255 g/mol. The van der Waals surface area contributed by atoms with Gasteiger partial charge in [0, 0.05) is 12.6 Å². The summed E-state index contributed by atoms with van der Waals surface area (Å²) in [5.41, 5.74) is 5.71. The number of methoxy groups -OCH3 is 2. The summed E-state index contributed by atoms with van der Waals surface area (Å²) < 4.78 is 9.96. The summed E-state index contributed by atoms with van der Waals surface area (Å²) in [6, 6.07) is 0.577. The third-order valence-electron chi connectivity index (χ3n) is 2.48. The number of nitrogens with one attached hydrogen (secondary N) is 1. The molecule has 7 nitrogen and oxygen atoms in total. The lowest BCUT2D eigenvalue weighted by Crippen LogP contribution is -2.29. The van der Waals surface area contributed by atoms with Crippen LogP contribution in [0.2, 0.25) is 0 Å². The quantitative estimate of drug-likeness (QED) is 0.710. The van der Waals surface area contributed by atoms with E-state index in [9.17, 15) is 0 Å². The van der Waals surface area contributed by atoms with E-state index < -0.39 is 0 Å². The van der Waals surface area contributed by atoms with Crippen molar-refractivity contribution in [1.82, 2.24) is 15.0 Å². The van der Waals surface area contributed by atoms with E-state index >= 15 is 0 Å². The zero-order valence-electron chi connectivity index (χ0n) is 11.1. The number of unbranched alkanes of at least 4 members (excludes halogenated alkanes) is 1. The molecule has 0 amide bonds. The van der Waals surface area contributed by atoms with E-state index in [1.165, 1.54) is 14.2 Å². The summed E-state index contributed by atoms with van der Waals surface area (Å²) in [4.78, 5) is 12.1. The van der Waals surface area contributed by atoms with E-state index in [0.29, 0.717) is 12.5 Å². The van der Waals surface area contributed by atoms with Gasteiger partial charge in [-0.1, -0.05) is 19.8 Å². The number of nitrogens with zero attached hydrogens (tertiary/aromatic N) is 3. The first kappa shape index (κ1) is 14.4. The van der Waals surface area contributed by atoms with E-state index in [-0.39, 0.29) is 18.1 Å². The Balaban J connectivity index is 2.74. The van der Waals surface area contributed by atoms with Crippen LogP contribution in [0.3, 0.4) is 0 Å². The summed E-state index contributed by atoms with van der Waals surface area (Å²) in [6.07, 6.45) is 3.21. The highest BCUT2D eigenvalue weighted by molar-refractivity contribution is 5.29. The fourth-order valence-corrected chi connectivity index (χ4v) is 1.47. The molecule has 0 aliphatic heterocycles. The Morgan fingerprint density at radius 1 is 1.17 bits per heavy atom. The molecule has 0 fully saturated rings. The number of hydrogen-bond acceptors (Lipinski definition) is 7. The molecule has 0 aliphatic rings. The fourth-order valence-electron chi connectivity index (χ4n) is 1.47. The molecule has 1 rings (SSSR count). The minimum absolute atomic E-state index is 0.141. The van der Waals surface area contributed by atoms with Crippen molar-refractivity contribution in [2.75, 3.05) is 26.1 Å². The van der Waals surface area contributed by atoms with E-state index in [0.717, 1.165) is 19.3 Å². The predicted octanol–water partition coefficient (Wildman–Crippen LogP) is 0.818. The molecule has 0 saturated heterocycles. The third kappa shape index (κ3) is 4.33. The van der Waals surface area contributed by atoms with Crippen molar-refractivity contribution in [2.45, 2.75) is 32.2 Å². The number of nitrogens with two attached hydrogens (primary N) is 1. The second kappa shape index (κ2) is 7.65. The maximum atomic E-state index is 5.71. The van der Waals surface area contributed by atoms with Gasteiger partial charge < -0.3 is 20.5 Å². The molecule has 1 heterocycles. The second-order valence-corrected chi connectivity index (χ2v) is 3.85. The van der Waals surface area contributed by atoms with Gasteiger partial charge in [0.1, 0.15) is 0 Å². The van der Waals surface area contributed by atoms with Crippen LogP contribution in [0, 0.1) is 0 Å². The topological polar surface area (TPSA) is 95.2 Å². The first-order valence-corrected chi connectivity index (χ1v) is 6.04. The molecule has 1 unspecified atom stereocenters. The van der Waals surface area contributed by atoms with Crippen LogP contribution in [-0.4, -0.2) is 41.8 Å². The lowest BCUT2D eigenvalue weighted by atomic mass is 10.1. The molecule has 3 N–H and O–H groups in total. The van der Waals surface area contributed by atoms with Gasteiger partial charge in [-0.2, -0.15) is 9.97 Å². The van der Waals surface area contributed by atoms with Crippen LogP contribution in [0.1, 0.15) is 26.2 Å². The molecule has 0 bridgehead atoms. The molecule has 1 aromatic rings. The minimum atomic E-state index is 0.141. The van der Waals surface area contributed by atoms with Crippen molar-refractivity contribution in [3.8, 4) is 12.0 Å². The molecule has 18 heavy (non-hydrogen) atoms. The standard InChI is InChI=1S/C11H21N5O2/c1-4-5-6-8(7-12)13-9-14-10(17-2)16-11(15-9)18-3/h8H,4-7,12H2,1-3H3,(H,13,14,15,16). The zero-order chi connectivity index (χ0) is 13.4. The summed E-state index contributed by atoms with van der Waals surface area (Å²) in [5, 5.41) is 3.17. The van der Waals surface area contributed by atoms with Gasteiger partial charge in [-0.15, -0.1) is 4.98 Å². The predicted molar refractivity (Wildman–Crippen MR) is 68.9 cm³/mol. The number of anilines is 1. The van der Waals surface area contributed by atoms with Crippen molar-refractivity contribution in [1.29, 1.82) is 0 Å². The van der Waals surface area contributed by atoms with E-state index in [1.54, 1.807) is 0 Å². The molecular formula is C11H21N5O2. The van der Waals surface area contributed by atoms with Gasteiger partial charge in [0.2, 0.25) is 5.95 Å². The van der Waals surface area contributed by atoms with Gasteiger partial charge >= 0.3 is 12.0 Å². The van der Waals surface area contributed by atoms with Gasteiger partial charge in [0.25, 0.3) is 0 Å². The number of rotatable bonds is 8. The molecule has 0 aromatic carbocycles. The van der Waals surface area contributed by atoms with Crippen LogP contribution in [0.5, 0.6) is 12.0 Å². The van der Waals surface area contributed by atoms with Crippen LogP contribution < -0.4 is 20.5 Å². The maximum absolute atomic E-state index is 5.71. The Labute approximate surface area is 107 Å². The van der Waals surface area contributed by atoms with E-state index in [2.05, 4.69) is 27.2 Å². The zero-order valence-corrected chi connectivity index (χ0v) is 11.1. The first-order chi connectivity index (χ1) is 8.73. The molecule has 0 spiro atoms. The third-order valence-corrected chi connectivity index (χ3v) is 2.48. The summed E-state index contributed by atoms with van der Waals surface area (Å²) in [5.74, 6) is 0.422. The number of hydrogen-bond donors (Lipinski definition) is 2. The van der Waals surface area contributed by atoms with Crippen LogP contribution in [0.4, 0.5) is 5.95 Å². The largest absolute Gasteiger partial charge is 0.467 e. The van der Waals surface area contributed by atoms with Crippen LogP contribution in [-0.2, 0) is 0 Å². The highest BCUT2D eigenvalue weighted by Crippen LogP contribution is 2.13. The molecule has 7 heteroatoms. The molecule has 1 atom stereocenters. The van der Waals surface area contributed by atoms with Crippen molar-refractivity contribution in [3.63, 3.8) is 0 Å². The van der Waals surface area contributed by atoms with E-state index in [1.807, 2.05) is 0 Å². The van der Waals surface area contributed by atoms with Crippen molar-refractivity contribution in [3.05, 3.63) is 0 Å². The van der Waals surface area contributed by atoms with Gasteiger partial charge in [-0.3, -0.25) is 0 Å². The fraction of sp³-hybridized carbons (Fsp3) is 0.727. The molecule has 0 radical (unpaired) electrons. The van der Waals surface area contributed by atoms with Gasteiger partial charge in [0.05, 0.1) is 14.2 Å². The van der Waals surface area contributed by atoms with Crippen LogP contribution >= 0.6 is 0 Å². The van der Waals surface area contributed by atoms with Gasteiger partial charge in [-0.05, 0) is 6.42 Å².